The third kappa shape index (κ3) is 3.09. The van der Waals surface area contributed by atoms with E-state index in [9.17, 15) is 9.50 Å². The zero-order chi connectivity index (χ0) is 17.1. The highest BCUT2D eigenvalue weighted by Gasteiger charge is 2.17. The molecule has 0 radical (unpaired) electrons. The van der Waals surface area contributed by atoms with Gasteiger partial charge in [-0.15, -0.1) is 0 Å². The number of hydrogen-bond acceptors (Lipinski definition) is 4. The highest BCUT2D eigenvalue weighted by atomic mass is 19.1. The SMILES string of the molecule is COc1ccc(-c2cnc(C(O)c3ccc(OC)c(F)c3)[nH]2)cc1. The Labute approximate surface area is 138 Å². The van der Waals surface area contributed by atoms with Crippen LogP contribution < -0.4 is 9.47 Å². The van der Waals surface area contributed by atoms with Crippen LogP contribution in [0.3, 0.4) is 0 Å². The summed E-state index contributed by atoms with van der Waals surface area (Å²) >= 11 is 0. The Kier molecular flexibility index (Phi) is 4.48. The van der Waals surface area contributed by atoms with Gasteiger partial charge in [-0.1, -0.05) is 6.07 Å². The molecule has 3 rings (SSSR count). The molecule has 0 saturated heterocycles. The fourth-order valence-electron chi connectivity index (χ4n) is 2.40. The van der Waals surface area contributed by atoms with Gasteiger partial charge in [-0.05, 0) is 47.5 Å². The standard InChI is InChI=1S/C18H17FN2O3/c1-23-13-6-3-11(4-7-13)15-10-20-18(21-15)17(22)12-5-8-16(24-2)14(19)9-12/h3-10,17,22H,1-2H3,(H,20,21). The van der Waals surface area contributed by atoms with Crippen LogP contribution >= 0.6 is 0 Å². The van der Waals surface area contributed by atoms with Crippen molar-refractivity contribution in [1.29, 1.82) is 0 Å². The topological polar surface area (TPSA) is 67.4 Å². The van der Waals surface area contributed by atoms with Gasteiger partial charge in [-0.2, -0.15) is 0 Å². The van der Waals surface area contributed by atoms with Crippen LogP contribution in [-0.2, 0) is 0 Å². The number of nitrogens with one attached hydrogen (secondary N) is 1. The molecule has 1 heterocycles. The molecule has 0 bridgehead atoms. The zero-order valence-corrected chi connectivity index (χ0v) is 13.3. The van der Waals surface area contributed by atoms with Crippen molar-refractivity contribution in [3.8, 4) is 22.8 Å². The predicted molar refractivity (Wildman–Crippen MR) is 87.6 cm³/mol. The van der Waals surface area contributed by atoms with E-state index in [2.05, 4.69) is 9.97 Å². The van der Waals surface area contributed by atoms with E-state index in [0.29, 0.717) is 11.4 Å². The Morgan fingerprint density at radius 1 is 1.08 bits per heavy atom. The number of imidazole rings is 1. The number of methoxy groups -OCH3 is 2. The lowest BCUT2D eigenvalue weighted by Crippen LogP contribution is -2.03. The molecule has 3 aromatic rings. The van der Waals surface area contributed by atoms with Gasteiger partial charge in [-0.25, -0.2) is 9.37 Å². The molecule has 2 aromatic carbocycles. The molecular formula is C18H17FN2O3. The van der Waals surface area contributed by atoms with Gasteiger partial charge in [-0.3, -0.25) is 0 Å². The average Bonchev–Trinajstić information content (AvgIpc) is 3.11. The molecule has 0 amide bonds. The molecule has 0 aliphatic rings. The van der Waals surface area contributed by atoms with Crippen LogP contribution in [-0.4, -0.2) is 29.3 Å². The van der Waals surface area contributed by atoms with E-state index < -0.39 is 11.9 Å². The summed E-state index contributed by atoms with van der Waals surface area (Å²) in [4.78, 5) is 7.25. The second-order valence-electron chi connectivity index (χ2n) is 5.21. The Morgan fingerprint density at radius 2 is 1.83 bits per heavy atom. The maximum Gasteiger partial charge on any atom is 0.165 e. The summed E-state index contributed by atoms with van der Waals surface area (Å²) in [5.41, 5.74) is 2.05. The maximum atomic E-state index is 13.8. The Bertz CT molecular complexity index is 831. The molecule has 0 aliphatic carbocycles. The Balaban J connectivity index is 1.85. The van der Waals surface area contributed by atoms with Crippen molar-refractivity contribution in [2.45, 2.75) is 6.10 Å². The molecular weight excluding hydrogens is 311 g/mol. The number of hydrogen-bond donors (Lipinski definition) is 2. The van der Waals surface area contributed by atoms with Gasteiger partial charge in [0.1, 0.15) is 17.7 Å². The predicted octanol–water partition coefficient (Wildman–Crippen LogP) is 3.31. The number of aliphatic hydroxyl groups excluding tert-OH is 1. The molecule has 6 heteroatoms. The fourth-order valence-corrected chi connectivity index (χ4v) is 2.40. The number of aromatic nitrogens is 2. The summed E-state index contributed by atoms with van der Waals surface area (Å²) in [7, 11) is 3.00. The van der Waals surface area contributed by atoms with Crippen molar-refractivity contribution in [3.05, 3.63) is 65.9 Å². The van der Waals surface area contributed by atoms with Crippen LogP contribution in [0.25, 0.3) is 11.3 Å². The van der Waals surface area contributed by atoms with E-state index in [1.54, 1.807) is 19.4 Å². The summed E-state index contributed by atoms with van der Waals surface area (Å²) in [5, 5.41) is 10.4. The normalized spacial score (nSPS) is 12.0. The first-order valence-corrected chi connectivity index (χ1v) is 7.33. The molecule has 1 atom stereocenters. The molecule has 0 aliphatic heterocycles. The summed E-state index contributed by atoms with van der Waals surface area (Å²) in [6.45, 7) is 0. The summed E-state index contributed by atoms with van der Waals surface area (Å²) in [5.74, 6) is 0.693. The van der Waals surface area contributed by atoms with Crippen LogP contribution in [0.15, 0.2) is 48.7 Å². The van der Waals surface area contributed by atoms with Gasteiger partial charge in [0.2, 0.25) is 0 Å². The lowest BCUT2D eigenvalue weighted by molar-refractivity contribution is 0.210. The van der Waals surface area contributed by atoms with Gasteiger partial charge in [0.25, 0.3) is 0 Å². The summed E-state index contributed by atoms with van der Waals surface area (Å²) < 4.78 is 23.8. The number of halogens is 1. The number of rotatable bonds is 5. The molecule has 24 heavy (non-hydrogen) atoms. The first-order chi connectivity index (χ1) is 11.6. The zero-order valence-electron chi connectivity index (χ0n) is 13.3. The van der Waals surface area contributed by atoms with Crippen LogP contribution in [0.2, 0.25) is 0 Å². The highest BCUT2D eigenvalue weighted by Crippen LogP contribution is 2.27. The third-order valence-electron chi connectivity index (χ3n) is 3.75. The Hall–Kier alpha value is -2.86. The number of nitrogens with zero attached hydrogens (tertiary/aromatic N) is 1. The molecule has 124 valence electrons. The molecule has 1 aromatic heterocycles. The van der Waals surface area contributed by atoms with Gasteiger partial charge >= 0.3 is 0 Å². The largest absolute Gasteiger partial charge is 0.497 e. The number of aliphatic hydroxyl groups is 1. The van der Waals surface area contributed by atoms with Gasteiger partial charge < -0.3 is 19.6 Å². The quantitative estimate of drug-likeness (QED) is 0.754. The number of benzene rings is 2. The van der Waals surface area contributed by atoms with Crippen molar-refractivity contribution in [3.63, 3.8) is 0 Å². The first-order valence-electron chi connectivity index (χ1n) is 7.33. The van der Waals surface area contributed by atoms with Gasteiger partial charge in [0, 0.05) is 0 Å². The van der Waals surface area contributed by atoms with Crippen LogP contribution in [0.1, 0.15) is 17.5 Å². The molecule has 5 nitrogen and oxygen atoms in total. The minimum Gasteiger partial charge on any atom is -0.497 e. The van der Waals surface area contributed by atoms with Crippen molar-refractivity contribution >= 4 is 0 Å². The summed E-state index contributed by atoms with van der Waals surface area (Å²) in [6, 6.07) is 11.8. The van der Waals surface area contributed by atoms with E-state index in [0.717, 1.165) is 17.0 Å². The molecule has 1 unspecified atom stereocenters. The van der Waals surface area contributed by atoms with E-state index in [-0.39, 0.29) is 5.75 Å². The van der Waals surface area contributed by atoms with E-state index in [1.165, 1.54) is 19.2 Å². The van der Waals surface area contributed by atoms with Gasteiger partial charge in [0.05, 0.1) is 26.1 Å². The minimum atomic E-state index is -1.06. The lowest BCUT2D eigenvalue weighted by atomic mass is 10.1. The summed E-state index contributed by atoms with van der Waals surface area (Å²) in [6.07, 6.45) is 0.567. The average molecular weight is 328 g/mol. The second-order valence-corrected chi connectivity index (χ2v) is 5.21. The molecule has 0 spiro atoms. The second kappa shape index (κ2) is 6.72. The smallest absolute Gasteiger partial charge is 0.165 e. The monoisotopic (exact) mass is 328 g/mol. The van der Waals surface area contributed by atoms with Crippen LogP contribution in [0, 0.1) is 5.82 Å². The highest BCUT2D eigenvalue weighted by molar-refractivity contribution is 5.59. The van der Waals surface area contributed by atoms with E-state index in [1.807, 2.05) is 24.3 Å². The van der Waals surface area contributed by atoms with Crippen LogP contribution in [0.4, 0.5) is 4.39 Å². The van der Waals surface area contributed by atoms with Gasteiger partial charge in [0.15, 0.2) is 11.6 Å². The number of ether oxygens (including phenoxy) is 2. The van der Waals surface area contributed by atoms with Crippen molar-refractivity contribution in [2.24, 2.45) is 0 Å². The van der Waals surface area contributed by atoms with E-state index in [4.69, 9.17) is 9.47 Å². The number of H-pyrrole nitrogens is 1. The first kappa shape index (κ1) is 16.0. The maximum absolute atomic E-state index is 13.8. The molecule has 2 N–H and O–H groups in total. The van der Waals surface area contributed by atoms with Crippen molar-refractivity contribution in [1.82, 2.24) is 9.97 Å². The number of aromatic amines is 1. The van der Waals surface area contributed by atoms with Crippen molar-refractivity contribution < 1.29 is 19.0 Å². The lowest BCUT2D eigenvalue weighted by Gasteiger charge is -2.10. The minimum absolute atomic E-state index is 0.129. The molecule has 0 saturated carbocycles. The fraction of sp³-hybridized carbons (Fsp3) is 0.167. The van der Waals surface area contributed by atoms with Crippen molar-refractivity contribution in [2.75, 3.05) is 14.2 Å². The van der Waals surface area contributed by atoms with E-state index >= 15 is 0 Å². The Morgan fingerprint density at radius 3 is 2.46 bits per heavy atom. The third-order valence-corrected chi connectivity index (χ3v) is 3.75. The molecule has 0 fully saturated rings. The van der Waals surface area contributed by atoms with Crippen LogP contribution in [0.5, 0.6) is 11.5 Å².